The Morgan fingerprint density at radius 2 is 2.00 bits per heavy atom. The number of nitrogens with one attached hydrogen (secondary N) is 1. The topological polar surface area (TPSA) is 29.1 Å². The molecule has 0 unspecified atom stereocenters. The maximum Gasteiger partial charge on any atom is 0.224 e. The molecule has 0 aliphatic carbocycles. The molecule has 2 nitrogen and oxygen atoms in total. The van der Waals surface area contributed by atoms with Crippen LogP contribution in [0.25, 0.3) is 0 Å². The molecule has 0 heterocycles. The zero-order valence-corrected chi connectivity index (χ0v) is 10.1. The Morgan fingerprint density at radius 3 is 2.57 bits per heavy atom. The Kier molecular flexibility index (Phi) is 5.04. The lowest BCUT2D eigenvalue weighted by molar-refractivity contribution is -0.116. The highest BCUT2D eigenvalue weighted by Gasteiger charge is 2.00. The second kappa shape index (κ2) is 6.09. The van der Waals surface area contributed by atoms with Crippen molar-refractivity contribution in [3.05, 3.63) is 28.7 Å². The zero-order chi connectivity index (χ0) is 10.4. The first kappa shape index (κ1) is 11.6. The van der Waals surface area contributed by atoms with Crippen LogP contribution in [0.2, 0.25) is 0 Å². The van der Waals surface area contributed by atoms with E-state index in [9.17, 15) is 4.79 Å². The number of benzene rings is 1. The van der Waals surface area contributed by atoms with Gasteiger partial charge in [0.1, 0.15) is 0 Å². The standard InChI is InChI=1S/C10H12BrNOS/c11-8-3-5-9(6-4-8)12-10(13)2-1-7-14/h3-6,14H,1-2,7H2,(H,12,13). The van der Waals surface area contributed by atoms with Crippen LogP contribution in [-0.2, 0) is 4.79 Å². The lowest BCUT2D eigenvalue weighted by atomic mass is 10.3. The predicted octanol–water partition coefficient (Wildman–Crippen LogP) is 3.10. The van der Waals surface area contributed by atoms with Gasteiger partial charge in [-0.1, -0.05) is 15.9 Å². The van der Waals surface area contributed by atoms with Gasteiger partial charge in [-0.3, -0.25) is 4.79 Å². The van der Waals surface area contributed by atoms with Crippen molar-refractivity contribution >= 4 is 40.2 Å². The Labute approximate surface area is 97.6 Å². The molecule has 1 amide bonds. The SMILES string of the molecule is O=C(CCCS)Nc1ccc(Br)cc1. The van der Waals surface area contributed by atoms with E-state index >= 15 is 0 Å². The molecule has 76 valence electrons. The van der Waals surface area contributed by atoms with Crippen LogP contribution < -0.4 is 5.32 Å². The lowest BCUT2D eigenvalue weighted by Gasteiger charge is -2.03. The number of hydrogen-bond acceptors (Lipinski definition) is 2. The van der Waals surface area contributed by atoms with Crippen molar-refractivity contribution < 1.29 is 4.79 Å². The van der Waals surface area contributed by atoms with Crippen LogP contribution in [0.3, 0.4) is 0 Å². The van der Waals surface area contributed by atoms with Gasteiger partial charge in [-0.05, 0) is 36.4 Å². The molecule has 1 rings (SSSR count). The molecule has 0 bridgehead atoms. The summed E-state index contributed by atoms with van der Waals surface area (Å²) in [5, 5.41) is 2.81. The van der Waals surface area contributed by atoms with E-state index in [0.29, 0.717) is 6.42 Å². The van der Waals surface area contributed by atoms with Gasteiger partial charge in [0, 0.05) is 16.6 Å². The third-order valence-electron chi connectivity index (χ3n) is 1.69. The number of anilines is 1. The summed E-state index contributed by atoms with van der Waals surface area (Å²) in [6, 6.07) is 7.52. The molecule has 0 aliphatic heterocycles. The summed E-state index contributed by atoms with van der Waals surface area (Å²) < 4.78 is 1.01. The van der Waals surface area contributed by atoms with Crippen molar-refractivity contribution in [3.8, 4) is 0 Å². The van der Waals surface area contributed by atoms with E-state index in [1.54, 1.807) is 0 Å². The summed E-state index contributed by atoms with van der Waals surface area (Å²) in [4.78, 5) is 11.3. The van der Waals surface area contributed by atoms with E-state index in [2.05, 4.69) is 33.9 Å². The summed E-state index contributed by atoms with van der Waals surface area (Å²) in [7, 11) is 0. The van der Waals surface area contributed by atoms with E-state index in [1.807, 2.05) is 24.3 Å². The molecule has 1 N–H and O–H groups in total. The average Bonchev–Trinajstić information content (AvgIpc) is 2.18. The van der Waals surface area contributed by atoms with Crippen LogP contribution in [-0.4, -0.2) is 11.7 Å². The van der Waals surface area contributed by atoms with Crippen LogP contribution in [0.5, 0.6) is 0 Å². The molecular formula is C10H12BrNOS. The largest absolute Gasteiger partial charge is 0.326 e. The van der Waals surface area contributed by atoms with E-state index in [0.717, 1.165) is 22.3 Å². The van der Waals surface area contributed by atoms with Crippen molar-refractivity contribution in [2.24, 2.45) is 0 Å². The minimum Gasteiger partial charge on any atom is -0.326 e. The molecule has 4 heteroatoms. The molecule has 0 spiro atoms. The molecule has 0 aromatic heterocycles. The van der Waals surface area contributed by atoms with Gasteiger partial charge in [-0.2, -0.15) is 12.6 Å². The summed E-state index contributed by atoms with van der Waals surface area (Å²) in [5.41, 5.74) is 0.831. The molecule has 0 fully saturated rings. The van der Waals surface area contributed by atoms with Gasteiger partial charge >= 0.3 is 0 Å². The Balaban J connectivity index is 2.44. The maximum atomic E-state index is 11.3. The summed E-state index contributed by atoms with van der Waals surface area (Å²) in [6.45, 7) is 0. The zero-order valence-electron chi connectivity index (χ0n) is 7.66. The fraction of sp³-hybridized carbons (Fsp3) is 0.300. The number of halogens is 1. The molecule has 0 saturated heterocycles. The van der Waals surface area contributed by atoms with Gasteiger partial charge in [0.25, 0.3) is 0 Å². The van der Waals surface area contributed by atoms with Crippen LogP contribution in [0.4, 0.5) is 5.69 Å². The smallest absolute Gasteiger partial charge is 0.224 e. The molecule has 14 heavy (non-hydrogen) atoms. The lowest BCUT2D eigenvalue weighted by Crippen LogP contribution is -2.11. The summed E-state index contributed by atoms with van der Waals surface area (Å²) in [6.07, 6.45) is 1.34. The highest BCUT2D eigenvalue weighted by molar-refractivity contribution is 9.10. The van der Waals surface area contributed by atoms with Crippen molar-refractivity contribution in [2.75, 3.05) is 11.1 Å². The Hall–Kier alpha value is -0.480. The van der Waals surface area contributed by atoms with Crippen molar-refractivity contribution in [1.29, 1.82) is 0 Å². The second-order valence-corrected chi connectivity index (χ2v) is 4.25. The first-order valence-electron chi connectivity index (χ1n) is 4.38. The van der Waals surface area contributed by atoms with E-state index in [4.69, 9.17) is 0 Å². The van der Waals surface area contributed by atoms with E-state index < -0.39 is 0 Å². The number of thiol groups is 1. The molecular weight excluding hydrogens is 262 g/mol. The number of amides is 1. The van der Waals surface area contributed by atoms with Crippen LogP contribution in [0, 0.1) is 0 Å². The van der Waals surface area contributed by atoms with Crippen LogP contribution >= 0.6 is 28.6 Å². The van der Waals surface area contributed by atoms with Crippen molar-refractivity contribution in [3.63, 3.8) is 0 Å². The Morgan fingerprint density at radius 1 is 1.36 bits per heavy atom. The predicted molar refractivity (Wildman–Crippen MR) is 65.9 cm³/mol. The van der Waals surface area contributed by atoms with Crippen LogP contribution in [0.15, 0.2) is 28.7 Å². The fourth-order valence-electron chi connectivity index (χ4n) is 0.996. The van der Waals surface area contributed by atoms with Gasteiger partial charge in [0.15, 0.2) is 0 Å². The van der Waals surface area contributed by atoms with E-state index in [1.165, 1.54) is 0 Å². The second-order valence-electron chi connectivity index (χ2n) is 2.88. The first-order valence-corrected chi connectivity index (χ1v) is 5.81. The highest BCUT2D eigenvalue weighted by Crippen LogP contribution is 2.14. The van der Waals surface area contributed by atoms with Gasteiger partial charge in [0.2, 0.25) is 5.91 Å². The number of hydrogen-bond donors (Lipinski definition) is 2. The first-order chi connectivity index (χ1) is 6.72. The third kappa shape index (κ3) is 4.15. The molecule has 0 atom stereocenters. The quantitative estimate of drug-likeness (QED) is 0.812. The van der Waals surface area contributed by atoms with Crippen molar-refractivity contribution in [1.82, 2.24) is 0 Å². The van der Waals surface area contributed by atoms with Gasteiger partial charge in [-0.15, -0.1) is 0 Å². The van der Waals surface area contributed by atoms with Gasteiger partial charge in [-0.25, -0.2) is 0 Å². The van der Waals surface area contributed by atoms with E-state index in [-0.39, 0.29) is 5.91 Å². The monoisotopic (exact) mass is 273 g/mol. The number of carbonyl (C=O) groups is 1. The van der Waals surface area contributed by atoms with Crippen molar-refractivity contribution in [2.45, 2.75) is 12.8 Å². The summed E-state index contributed by atoms with van der Waals surface area (Å²) in [5.74, 6) is 0.787. The average molecular weight is 274 g/mol. The summed E-state index contributed by atoms with van der Waals surface area (Å²) >= 11 is 7.38. The molecule has 0 aliphatic rings. The highest BCUT2D eigenvalue weighted by atomic mass is 79.9. The fourth-order valence-corrected chi connectivity index (χ4v) is 1.42. The number of carbonyl (C=O) groups excluding carboxylic acids is 1. The Bertz CT molecular complexity index is 299. The molecule has 0 radical (unpaired) electrons. The molecule has 0 saturated carbocycles. The number of rotatable bonds is 4. The normalized spacial score (nSPS) is 9.86. The van der Waals surface area contributed by atoms with Gasteiger partial charge in [0.05, 0.1) is 0 Å². The minimum absolute atomic E-state index is 0.0429. The third-order valence-corrected chi connectivity index (χ3v) is 2.53. The van der Waals surface area contributed by atoms with Crippen LogP contribution in [0.1, 0.15) is 12.8 Å². The molecule has 1 aromatic rings. The maximum absolute atomic E-state index is 11.3. The minimum atomic E-state index is 0.0429. The molecule has 1 aromatic carbocycles. The van der Waals surface area contributed by atoms with Gasteiger partial charge < -0.3 is 5.32 Å².